The number of nitrogens with two attached hydrogens (primary N) is 1. The summed E-state index contributed by atoms with van der Waals surface area (Å²) in [7, 11) is 2.00. The van der Waals surface area contributed by atoms with Crippen molar-refractivity contribution in [3.05, 3.63) is 44.2 Å². The largest absolute Gasteiger partial charge is 0.394 e. The predicted molar refractivity (Wildman–Crippen MR) is 140 cm³/mol. The Hall–Kier alpha value is -4.16. The minimum Gasteiger partial charge on any atom is -0.394 e. The number of aromatic nitrogens is 4. The van der Waals surface area contributed by atoms with Crippen LogP contribution in [0.4, 0.5) is 23.3 Å². The molecule has 4 unspecified atom stereocenters. The van der Waals surface area contributed by atoms with Crippen molar-refractivity contribution in [2.24, 2.45) is 5.10 Å². The number of rotatable bonds is 7. The maximum absolute atomic E-state index is 12.4. The minimum absolute atomic E-state index is 0.0593. The van der Waals surface area contributed by atoms with Gasteiger partial charge >= 0.3 is 0 Å². The summed E-state index contributed by atoms with van der Waals surface area (Å²) in [6, 6.07) is 4.76. The molecule has 208 valence electrons. The van der Waals surface area contributed by atoms with Crippen molar-refractivity contribution in [3.63, 3.8) is 0 Å². The monoisotopic (exact) mass is 544 g/mol. The number of nitrogens with zero attached hydrogens (tertiary/aromatic N) is 7. The molecule has 0 bridgehead atoms. The van der Waals surface area contributed by atoms with Gasteiger partial charge in [-0.2, -0.15) is 10.1 Å². The Morgan fingerprint density at radius 2 is 2.03 bits per heavy atom. The van der Waals surface area contributed by atoms with E-state index in [1.54, 1.807) is 12.1 Å². The molecule has 1 aromatic carbocycles. The van der Waals surface area contributed by atoms with Gasteiger partial charge in [-0.05, 0) is 13.1 Å². The number of aliphatic hydroxyl groups excluding tert-OH is 3. The van der Waals surface area contributed by atoms with Crippen LogP contribution in [0.15, 0.2) is 28.1 Å². The molecule has 39 heavy (non-hydrogen) atoms. The Bertz CT molecular complexity index is 1470. The highest BCUT2D eigenvalue weighted by atomic mass is 16.6. The number of nitro benzene ring substituents is 1. The molecule has 3 aromatic rings. The van der Waals surface area contributed by atoms with Crippen LogP contribution >= 0.6 is 0 Å². The number of nitro groups is 1. The van der Waals surface area contributed by atoms with Gasteiger partial charge in [0.25, 0.3) is 11.2 Å². The molecule has 2 saturated heterocycles. The van der Waals surface area contributed by atoms with E-state index < -0.39 is 41.6 Å². The Balaban J connectivity index is 1.45. The van der Waals surface area contributed by atoms with E-state index in [1.807, 2.05) is 11.9 Å². The van der Waals surface area contributed by atoms with Crippen molar-refractivity contribution in [3.8, 4) is 0 Å². The van der Waals surface area contributed by atoms with E-state index in [0.29, 0.717) is 24.3 Å². The van der Waals surface area contributed by atoms with E-state index in [-0.39, 0.29) is 28.7 Å². The number of aliphatic hydroxyl groups is 3. The van der Waals surface area contributed by atoms with Crippen molar-refractivity contribution < 1.29 is 25.0 Å². The summed E-state index contributed by atoms with van der Waals surface area (Å²) >= 11 is 0. The highest BCUT2D eigenvalue weighted by Crippen LogP contribution is 2.34. The summed E-state index contributed by atoms with van der Waals surface area (Å²) in [5.74, 6) is -0.313. The van der Waals surface area contributed by atoms with Crippen LogP contribution in [0.3, 0.4) is 0 Å². The van der Waals surface area contributed by atoms with Gasteiger partial charge in [0.2, 0.25) is 11.9 Å². The number of fused-ring (bicyclic) bond motifs is 1. The van der Waals surface area contributed by atoms with Crippen LogP contribution in [-0.2, 0) is 4.74 Å². The normalized spacial score (nSPS) is 24.2. The smallest absolute Gasteiger partial charge is 0.293 e. The summed E-state index contributed by atoms with van der Waals surface area (Å²) in [5.41, 5.74) is 8.35. The second kappa shape index (κ2) is 10.5. The SMILES string of the molecule is CN1CCN(c2ccc(/C=N/Nc3nc4c(=O)[nH]c(N)nc4n3C3OC(CO)C(O)C3O)cc2[N+](=O)[O-])CC1. The number of imidazole rings is 1. The number of piperazine rings is 1. The summed E-state index contributed by atoms with van der Waals surface area (Å²) in [4.78, 5) is 38.5. The second-order valence-corrected chi connectivity index (χ2v) is 9.32. The second-order valence-electron chi connectivity index (χ2n) is 9.32. The first-order valence-electron chi connectivity index (χ1n) is 12.1. The van der Waals surface area contributed by atoms with Gasteiger partial charge in [0.1, 0.15) is 24.0 Å². The quantitative estimate of drug-likeness (QED) is 0.112. The standard InChI is InChI=1S/C22H28N10O7/c1-29-4-6-30(7-5-29)12-3-2-11(8-13(12)32(37)38)9-24-28-22-25-15-18(26-21(23)27-19(15)36)31(22)20-17(35)16(34)14(10-33)39-20/h2-3,8-9,14,16-17,20,33-35H,4-7,10H2,1H3,(H,25,28)(H3,23,26,27,36)/b24-9+. The molecular weight excluding hydrogens is 516 g/mol. The number of likely N-dealkylation sites (N-methyl/N-ethyl adjacent to an activating group) is 1. The Kier molecular flexibility index (Phi) is 7.15. The van der Waals surface area contributed by atoms with Crippen LogP contribution in [-0.4, -0.2) is 109 Å². The lowest BCUT2D eigenvalue weighted by atomic mass is 10.1. The maximum atomic E-state index is 12.4. The number of aromatic amines is 1. The molecule has 0 saturated carbocycles. The van der Waals surface area contributed by atoms with E-state index >= 15 is 0 Å². The molecule has 4 heterocycles. The summed E-state index contributed by atoms with van der Waals surface area (Å²) in [6.07, 6.45) is -3.99. The molecular formula is C22H28N10O7. The van der Waals surface area contributed by atoms with E-state index in [4.69, 9.17) is 10.5 Å². The lowest BCUT2D eigenvalue weighted by Crippen LogP contribution is -2.44. The van der Waals surface area contributed by atoms with Crippen molar-refractivity contribution in [2.45, 2.75) is 24.5 Å². The fourth-order valence-corrected chi connectivity index (χ4v) is 4.66. The van der Waals surface area contributed by atoms with Crippen LogP contribution in [0.5, 0.6) is 0 Å². The Labute approximate surface area is 220 Å². The topological polar surface area (TPSA) is 234 Å². The van der Waals surface area contributed by atoms with Crippen LogP contribution < -0.4 is 21.6 Å². The van der Waals surface area contributed by atoms with E-state index in [1.165, 1.54) is 16.8 Å². The third-order valence-electron chi connectivity index (χ3n) is 6.76. The van der Waals surface area contributed by atoms with Gasteiger partial charge in [0, 0.05) is 37.8 Å². The number of ether oxygens (including phenoxy) is 1. The first kappa shape index (κ1) is 26.4. The third kappa shape index (κ3) is 5.00. The number of hydrogen-bond donors (Lipinski definition) is 6. The van der Waals surface area contributed by atoms with Gasteiger partial charge in [-0.15, -0.1) is 0 Å². The number of nitrogens with one attached hydrogen (secondary N) is 2. The number of hydrazone groups is 1. The van der Waals surface area contributed by atoms with E-state index in [0.717, 1.165) is 13.1 Å². The number of hydrogen-bond acceptors (Lipinski definition) is 14. The summed E-state index contributed by atoms with van der Waals surface area (Å²) in [5, 5.41) is 46.2. The molecule has 7 N–H and O–H groups in total. The van der Waals surface area contributed by atoms with E-state index in [9.17, 15) is 30.2 Å². The van der Waals surface area contributed by atoms with Gasteiger partial charge in [-0.25, -0.2) is 10.4 Å². The van der Waals surface area contributed by atoms with Crippen LogP contribution in [0.1, 0.15) is 11.8 Å². The zero-order valence-corrected chi connectivity index (χ0v) is 20.8. The fourth-order valence-electron chi connectivity index (χ4n) is 4.66. The van der Waals surface area contributed by atoms with Crippen LogP contribution in [0.25, 0.3) is 11.2 Å². The van der Waals surface area contributed by atoms with Crippen molar-refractivity contribution in [1.82, 2.24) is 24.4 Å². The number of H-pyrrole nitrogens is 1. The molecule has 4 atom stereocenters. The lowest BCUT2D eigenvalue weighted by Gasteiger charge is -2.33. The van der Waals surface area contributed by atoms with Crippen molar-refractivity contribution in [2.75, 3.05) is 55.9 Å². The number of anilines is 3. The Morgan fingerprint density at radius 1 is 1.28 bits per heavy atom. The van der Waals surface area contributed by atoms with Crippen molar-refractivity contribution >= 4 is 40.6 Å². The molecule has 0 radical (unpaired) electrons. The van der Waals surface area contributed by atoms with Gasteiger partial charge in [-0.3, -0.25) is 24.5 Å². The highest BCUT2D eigenvalue weighted by Gasteiger charge is 2.45. The fraction of sp³-hybridized carbons (Fsp3) is 0.455. The first-order chi connectivity index (χ1) is 18.7. The molecule has 2 aliphatic rings. The molecule has 2 aromatic heterocycles. The van der Waals surface area contributed by atoms with Gasteiger partial charge in [0.05, 0.1) is 17.7 Å². The average Bonchev–Trinajstić information content (AvgIpc) is 3.40. The number of nitrogen functional groups attached to an aromatic ring is 1. The first-order valence-corrected chi connectivity index (χ1v) is 12.1. The average molecular weight is 545 g/mol. The molecule has 0 spiro atoms. The van der Waals surface area contributed by atoms with Crippen LogP contribution in [0.2, 0.25) is 0 Å². The predicted octanol–water partition coefficient (Wildman–Crippen LogP) is -1.58. The molecule has 2 fully saturated rings. The molecule has 0 amide bonds. The zero-order chi connectivity index (χ0) is 27.8. The molecule has 5 rings (SSSR count). The van der Waals surface area contributed by atoms with Crippen LogP contribution in [0, 0.1) is 10.1 Å². The molecule has 17 nitrogen and oxygen atoms in total. The van der Waals surface area contributed by atoms with Crippen molar-refractivity contribution in [1.29, 1.82) is 0 Å². The van der Waals surface area contributed by atoms with Gasteiger partial charge < -0.3 is 35.6 Å². The molecule has 17 heteroatoms. The van der Waals surface area contributed by atoms with Gasteiger partial charge in [-0.1, -0.05) is 6.07 Å². The number of benzene rings is 1. The Morgan fingerprint density at radius 3 is 2.69 bits per heavy atom. The summed E-state index contributed by atoms with van der Waals surface area (Å²) in [6.45, 7) is 2.36. The minimum atomic E-state index is -1.50. The molecule has 0 aliphatic carbocycles. The highest BCUT2D eigenvalue weighted by molar-refractivity contribution is 5.84. The maximum Gasteiger partial charge on any atom is 0.293 e. The zero-order valence-electron chi connectivity index (χ0n) is 20.8. The molecule has 2 aliphatic heterocycles. The van der Waals surface area contributed by atoms with E-state index in [2.05, 4.69) is 30.4 Å². The van der Waals surface area contributed by atoms with Gasteiger partial charge in [0.15, 0.2) is 17.4 Å². The third-order valence-corrected chi connectivity index (χ3v) is 6.76. The summed E-state index contributed by atoms with van der Waals surface area (Å²) < 4.78 is 6.79. The lowest BCUT2D eigenvalue weighted by molar-refractivity contribution is -0.384.